The van der Waals surface area contributed by atoms with Crippen molar-refractivity contribution in [3.8, 4) is 5.75 Å². The van der Waals surface area contributed by atoms with Gasteiger partial charge in [0, 0.05) is 26.1 Å². The Morgan fingerprint density at radius 2 is 1.69 bits per heavy atom. The van der Waals surface area contributed by atoms with Crippen LogP contribution in [0, 0.1) is 6.92 Å². The largest absolute Gasteiger partial charge is 0.491 e. The molecule has 2 aromatic carbocycles. The Labute approximate surface area is 206 Å². The molecular weight excluding hydrogens is 448 g/mol. The molecule has 9 heteroatoms. The van der Waals surface area contributed by atoms with Crippen LogP contribution in [-0.2, 0) is 20.8 Å². The molecule has 3 amide bonds. The van der Waals surface area contributed by atoms with E-state index in [9.17, 15) is 19.5 Å². The van der Waals surface area contributed by atoms with Crippen LogP contribution in [0.1, 0.15) is 31.4 Å². The minimum Gasteiger partial charge on any atom is -0.491 e. The first-order valence-corrected chi connectivity index (χ1v) is 11.8. The maximum atomic E-state index is 12.9. The fraction of sp³-hybridized carbons (Fsp3) is 0.423. The van der Waals surface area contributed by atoms with Gasteiger partial charge in [0.2, 0.25) is 11.8 Å². The van der Waals surface area contributed by atoms with Gasteiger partial charge in [-0.1, -0.05) is 62.4 Å². The van der Waals surface area contributed by atoms with Crippen molar-refractivity contribution in [2.75, 3.05) is 26.2 Å². The third-order valence-electron chi connectivity index (χ3n) is 5.29. The van der Waals surface area contributed by atoms with Crippen LogP contribution >= 0.6 is 0 Å². The Kier molecular flexibility index (Phi) is 11.7. The summed E-state index contributed by atoms with van der Waals surface area (Å²) in [5.74, 6) is -0.360. The van der Waals surface area contributed by atoms with Gasteiger partial charge in [-0.05, 0) is 24.1 Å². The first-order chi connectivity index (χ1) is 16.8. The summed E-state index contributed by atoms with van der Waals surface area (Å²) in [4.78, 5) is 37.2. The SMILES string of the molecule is CCC(=O)NC(CNC(=O)Cc1ccccc1)C(=O)NN(CC)CC(O)COc1ccccc1C. The molecule has 2 unspecified atom stereocenters. The van der Waals surface area contributed by atoms with Gasteiger partial charge in [-0.3, -0.25) is 19.8 Å². The molecule has 2 aromatic rings. The normalized spacial score (nSPS) is 12.5. The number of nitrogens with one attached hydrogen (secondary N) is 3. The number of aryl methyl sites for hydroxylation is 1. The molecule has 190 valence electrons. The Balaban J connectivity index is 1.89. The lowest BCUT2D eigenvalue weighted by Gasteiger charge is -2.27. The van der Waals surface area contributed by atoms with E-state index in [-0.39, 0.29) is 44.4 Å². The van der Waals surface area contributed by atoms with E-state index >= 15 is 0 Å². The number of ether oxygens (including phenoxy) is 1. The number of likely N-dealkylation sites (N-methyl/N-ethyl adjacent to an activating group) is 1. The van der Waals surface area contributed by atoms with E-state index in [1.165, 1.54) is 0 Å². The number of hydrogen-bond acceptors (Lipinski definition) is 6. The molecule has 0 radical (unpaired) electrons. The minimum absolute atomic E-state index is 0.0558. The van der Waals surface area contributed by atoms with Gasteiger partial charge < -0.3 is 20.5 Å². The number of amides is 3. The molecule has 0 bridgehead atoms. The summed E-state index contributed by atoms with van der Waals surface area (Å²) < 4.78 is 5.68. The summed E-state index contributed by atoms with van der Waals surface area (Å²) in [7, 11) is 0. The number of nitrogens with zero attached hydrogens (tertiary/aromatic N) is 1. The van der Waals surface area contributed by atoms with Crippen LogP contribution < -0.4 is 20.8 Å². The molecule has 0 spiro atoms. The second-order valence-corrected chi connectivity index (χ2v) is 8.19. The second-order valence-electron chi connectivity index (χ2n) is 8.19. The molecule has 2 rings (SSSR count). The van der Waals surface area contributed by atoms with E-state index in [0.717, 1.165) is 11.1 Å². The van der Waals surface area contributed by atoms with Gasteiger partial charge in [0.1, 0.15) is 24.5 Å². The molecule has 0 heterocycles. The van der Waals surface area contributed by atoms with E-state index in [4.69, 9.17) is 4.74 Å². The molecule has 0 saturated carbocycles. The number of aliphatic hydroxyl groups is 1. The maximum Gasteiger partial charge on any atom is 0.258 e. The monoisotopic (exact) mass is 484 g/mol. The van der Waals surface area contributed by atoms with E-state index in [2.05, 4.69) is 16.1 Å². The lowest BCUT2D eigenvalue weighted by Crippen LogP contribution is -2.57. The number of para-hydroxylation sites is 1. The third kappa shape index (κ3) is 10.2. The van der Waals surface area contributed by atoms with E-state index in [1.54, 1.807) is 11.9 Å². The number of carbonyl (C=O) groups is 3. The summed E-state index contributed by atoms with van der Waals surface area (Å²) in [5, 5.41) is 17.3. The summed E-state index contributed by atoms with van der Waals surface area (Å²) in [6, 6.07) is 15.8. The van der Waals surface area contributed by atoms with Crippen LogP contribution in [0.4, 0.5) is 0 Å². The first-order valence-electron chi connectivity index (χ1n) is 11.8. The molecule has 35 heavy (non-hydrogen) atoms. The number of hydrogen-bond donors (Lipinski definition) is 4. The lowest BCUT2D eigenvalue weighted by atomic mass is 10.1. The van der Waals surface area contributed by atoms with Gasteiger partial charge in [-0.15, -0.1) is 0 Å². The Bertz CT molecular complexity index is 954. The zero-order chi connectivity index (χ0) is 25.6. The summed E-state index contributed by atoms with van der Waals surface area (Å²) in [6.07, 6.45) is -0.483. The lowest BCUT2D eigenvalue weighted by molar-refractivity contribution is -0.133. The van der Waals surface area contributed by atoms with Crippen molar-refractivity contribution in [2.24, 2.45) is 0 Å². The quantitative estimate of drug-likeness (QED) is 0.301. The maximum absolute atomic E-state index is 12.9. The average Bonchev–Trinajstić information content (AvgIpc) is 2.85. The van der Waals surface area contributed by atoms with Crippen molar-refractivity contribution >= 4 is 17.7 Å². The highest BCUT2D eigenvalue weighted by Gasteiger charge is 2.23. The number of carbonyl (C=O) groups excluding carboxylic acids is 3. The van der Waals surface area contributed by atoms with Crippen molar-refractivity contribution in [1.82, 2.24) is 21.1 Å². The summed E-state index contributed by atoms with van der Waals surface area (Å²) in [6.45, 7) is 5.98. The van der Waals surface area contributed by atoms with Crippen LogP contribution in [0.5, 0.6) is 5.75 Å². The van der Waals surface area contributed by atoms with Crippen molar-refractivity contribution < 1.29 is 24.2 Å². The zero-order valence-corrected chi connectivity index (χ0v) is 20.6. The smallest absolute Gasteiger partial charge is 0.258 e. The fourth-order valence-electron chi connectivity index (χ4n) is 3.26. The predicted octanol–water partition coefficient (Wildman–Crippen LogP) is 1.34. The molecule has 0 aliphatic rings. The Hall–Kier alpha value is -3.43. The molecule has 9 nitrogen and oxygen atoms in total. The second kappa shape index (κ2) is 14.7. The number of rotatable bonds is 14. The fourth-order valence-corrected chi connectivity index (χ4v) is 3.26. The summed E-state index contributed by atoms with van der Waals surface area (Å²) >= 11 is 0. The Morgan fingerprint density at radius 3 is 2.34 bits per heavy atom. The van der Waals surface area contributed by atoms with E-state index < -0.39 is 18.1 Å². The molecule has 0 aliphatic carbocycles. The molecular formula is C26H36N4O5. The van der Waals surface area contributed by atoms with Crippen LogP contribution in [-0.4, -0.2) is 66.2 Å². The standard InChI is InChI=1S/C26H36N4O5/c1-4-24(32)28-22(16-27-25(33)15-20-12-7-6-8-13-20)26(34)29-30(5-2)17-21(31)18-35-23-14-10-9-11-19(23)3/h6-14,21-22,31H,4-5,15-18H2,1-3H3,(H,27,33)(H,28,32)(H,29,34). The third-order valence-corrected chi connectivity index (χ3v) is 5.29. The van der Waals surface area contributed by atoms with Crippen LogP contribution in [0.25, 0.3) is 0 Å². The van der Waals surface area contributed by atoms with Crippen molar-refractivity contribution in [3.05, 3.63) is 65.7 Å². The number of aliphatic hydroxyl groups excluding tert-OH is 1. The molecule has 0 saturated heterocycles. The van der Waals surface area contributed by atoms with Gasteiger partial charge in [-0.25, -0.2) is 5.01 Å². The highest BCUT2D eigenvalue weighted by Crippen LogP contribution is 2.16. The topological polar surface area (TPSA) is 120 Å². The van der Waals surface area contributed by atoms with Gasteiger partial charge in [0.25, 0.3) is 5.91 Å². The molecule has 0 aliphatic heterocycles. The minimum atomic E-state index is -0.961. The van der Waals surface area contributed by atoms with Crippen LogP contribution in [0.2, 0.25) is 0 Å². The van der Waals surface area contributed by atoms with Gasteiger partial charge >= 0.3 is 0 Å². The molecule has 4 N–H and O–H groups in total. The average molecular weight is 485 g/mol. The van der Waals surface area contributed by atoms with Gasteiger partial charge in [-0.2, -0.15) is 0 Å². The highest BCUT2D eigenvalue weighted by atomic mass is 16.5. The van der Waals surface area contributed by atoms with E-state index in [1.807, 2.05) is 68.4 Å². The van der Waals surface area contributed by atoms with Crippen molar-refractivity contribution in [3.63, 3.8) is 0 Å². The van der Waals surface area contributed by atoms with Gasteiger partial charge in [0.15, 0.2) is 0 Å². The van der Waals surface area contributed by atoms with Crippen molar-refractivity contribution in [1.29, 1.82) is 0 Å². The number of benzene rings is 2. The Morgan fingerprint density at radius 1 is 1.00 bits per heavy atom. The molecule has 2 atom stereocenters. The van der Waals surface area contributed by atoms with Gasteiger partial charge in [0.05, 0.1) is 6.42 Å². The summed E-state index contributed by atoms with van der Waals surface area (Å²) in [5.41, 5.74) is 4.53. The predicted molar refractivity (Wildman–Crippen MR) is 133 cm³/mol. The zero-order valence-electron chi connectivity index (χ0n) is 20.6. The van der Waals surface area contributed by atoms with Crippen LogP contribution in [0.3, 0.4) is 0 Å². The first kappa shape index (κ1) is 27.8. The molecule has 0 aromatic heterocycles. The van der Waals surface area contributed by atoms with E-state index in [0.29, 0.717) is 12.3 Å². The molecule has 0 fully saturated rings. The number of hydrazine groups is 1. The highest BCUT2D eigenvalue weighted by molar-refractivity contribution is 5.88. The van der Waals surface area contributed by atoms with Crippen LogP contribution in [0.15, 0.2) is 54.6 Å². The van der Waals surface area contributed by atoms with Crippen molar-refractivity contribution in [2.45, 2.75) is 45.8 Å².